The predicted molar refractivity (Wildman–Crippen MR) is 100 cm³/mol. The lowest BCUT2D eigenvalue weighted by Gasteiger charge is -2.47. The van der Waals surface area contributed by atoms with Crippen LogP contribution in [0.5, 0.6) is 0 Å². The Hall–Kier alpha value is -1.62. The highest BCUT2D eigenvalue weighted by Crippen LogP contribution is 2.43. The molecular weight excluding hydrogens is 328 g/mol. The molecule has 1 amide bonds. The Morgan fingerprint density at radius 1 is 1.31 bits per heavy atom. The zero-order chi connectivity index (χ0) is 18.3. The molecule has 0 radical (unpaired) electrons. The number of hydrogen-bond donors (Lipinski definition) is 0. The lowest BCUT2D eigenvalue weighted by Crippen LogP contribution is -2.53. The van der Waals surface area contributed by atoms with E-state index in [9.17, 15) is 9.59 Å². The average Bonchev–Trinajstić information content (AvgIpc) is 3.16. The second kappa shape index (κ2) is 7.18. The summed E-state index contributed by atoms with van der Waals surface area (Å²) in [5, 5.41) is 0. The summed E-state index contributed by atoms with van der Waals surface area (Å²) in [6.07, 6.45) is 4.77. The van der Waals surface area contributed by atoms with E-state index in [1.165, 1.54) is 0 Å². The molecule has 0 aromatic carbocycles. The topological polar surface area (TPSA) is 51.5 Å². The molecule has 0 aliphatic carbocycles. The van der Waals surface area contributed by atoms with Crippen molar-refractivity contribution in [2.45, 2.75) is 64.0 Å². The first-order chi connectivity index (χ1) is 12.5. The van der Waals surface area contributed by atoms with Gasteiger partial charge in [-0.1, -0.05) is 19.9 Å². The van der Waals surface area contributed by atoms with Gasteiger partial charge in [0.1, 0.15) is 6.10 Å². The molecule has 0 saturated carbocycles. The summed E-state index contributed by atoms with van der Waals surface area (Å²) in [5.41, 5.74) is 1.23. The largest absolute Gasteiger partial charge is 0.368 e. The minimum atomic E-state index is -0.249. The van der Waals surface area contributed by atoms with Crippen molar-refractivity contribution in [2.24, 2.45) is 11.8 Å². The van der Waals surface area contributed by atoms with Crippen molar-refractivity contribution in [3.63, 3.8) is 0 Å². The first-order valence-corrected chi connectivity index (χ1v) is 10.2. The molecule has 3 aliphatic heterocycles. The van der Waals surface area contributed by atoms with E-state index in [-0.39, 0.29) is 29.5 Å². The lowest BCUT2D eigenvalue weighted by molar-refractivity contribution is -0.144. The van der Waals surface area contributed by atoms with E-state index >= 15 is 0 Å². The van der Waals surface area contributed by atoms with Gasteiger partial charge < -0.3 is 14.2 Å². The highest BCUT2D eigenvalue weighted by Gasteiger charge is 2.43. The second-order valence-electron chi connectivity index (χ2n) is 8.64. The zero-order valence-electron chi connectivity index (χ0n) is 15.9. The number of rotatable bonds is 4. The maximum Gasteiger partial charge on any atom is 0.251 e. The van der Waals surface area contributed by atoms with E-state index in [0.717, 1.165) is 50.9 Å². The van der Waals surface area contributed by atoms with Crippen molar-refractivity contribution < 1.29 is 9.53 Å². The fraction of sp³-hybridized carbons (Fsp3) is 0.714. The van der Waals surface area contributed by atoms with Gasteiger partial charge >= 0.3 is 0 Å². The Balaban J connectivity index is 1.63. The molecule has 4 atom stereocenters. The van der Waals surface area contributed by atoms with Crippen molar-refractivity contribution in [2.75, 3.05) is 19.7 Å². The van der Waals surface area contributed by atoms with Gasteiger partial charge in [-0.05, 0) is 50.0 Å². The van der Waals surface area contributed by atoms with Crippen LogP contribution in [0.4, 0.5) is 0 Å². The summed E-state index contributed by atoms with van der Waals surface area (Å²) in [5.74, 6) is 1.41. The Kier molecular flexibility index (Phi) is 4.91. The molecular formula is C21H30N2O3. The van der Waals surface area contributed by atoms with Crippen LogP contribution in [0.3, 0.4) is 0 Å². The molecule has 2 saturated heterocycles. The summed E-state index contributed by atoms with van der Waals surface area (Å²) in [7, 11) is 0. The Labute approximate surface area is 155 Å². The molecule has 4 rings (SSSR count). The smallest absolute Gasteiger partial charge is 0.251 e. The summed E-state index contributed by atoms with van der Waals surface area (Å²) < 4.78 is 7.69. The predicted octanol–water partition coefficient (Wildman–Crippen LogP) is 2.95. The molecule has 26 heavy (non-hydrogen) atoms. The molecule has 2 bridgehead atoms. The number of likely N-dealkylation sites (tertiary alicyclic amines) is 1. The van der Waals surface area contributed by atoms with Gasteiger partial charge in [0.2, 0.25) is 0 Å². The molecule has 5 nitrogen and oxygen atoms in total. The number of hydrogen-bond acceptors (Lipinski definition) is 3. The fourth-order valence-corrected chi connectivity index (χ4v) is 5.07. The standard InChI is InChI=1S/C21H30N2O3/c1-14(2)8-9-18-16-11-15(17-5-3-7-20(24)23(17)18)12-22(13-16)21(25)19-6-4-10-26-19/h3,5,7,14-16,18-19H,4,6,8-13H2,1-2H3/t15-,16+,18+,19-/m1/s1. The lowest BCUT2D eigenvalue weighted by atomic mass is 9.76. The summed E-state index contributed by atoms with van der Waals surface area (Å²) in [6.45, 7) is 6.64. The van der Waals surface area contributed by atoms with Gasteiger partial charge in [-0.2, -0.15) is 0 Å². The van der Waals surface area contributed by atoms with Gasteiger partial charge in [-0.25, -0.2) is 0 Å². The highest BCUT2D eigenvalue weighted by atomic mass is 16.5. The van der Waals surface area contributed by atoms with Crippen LogP contribution in [0.15, 0.2) is 23.0 Å². The maximum atomic E-state index is 12.9. The van der Waals surface area contributed by atoms with E-state index in [2.05, 4.69) is 24.5 Å². The summed E-state index contributed by atoms with van der Waals surface area (Å²) >= 11 is 0. The Morgan fingerprint density at radius 2 is 2.15 bits per heavy atom. The van der Waals surface area contributed by atoms with Gasteiger partial charge in [0.25, 0.3) is 11.5 Å². The minimum absolute atomic E-state index is 0.116. The van der Waals surface area contributed by atoms with E-state index < -0.39 is 0 Å². The van der Waals surface area contributed by atoms with Crippen LogP contribution in [-0.2, 0) is 9.53 Å². The number of nitrogens with zero attached hydrogens (tertiary/aromatic N) is 2. The van der Waals surface area contributed by atoms with E-state index in [1.54, 1.807) is 6.07 Å². The third kappa shape index (κ3) is 3.22. The normalized spacial score (nSPS) is 30.5. The molecule has 0 spiro atoms. The molecule has 0 N–H and O–H groups in total. The van der Waals surface area contributed by atoms with Crippen LogP contribution in [0.25, 0.3) is 0 Å². The van der Waals surface area contributed by atoms with Crippen molar-refractivity contribution in [3.05, 3.63) is 34.2 Å². The number of pyridine rings is 1. The van der Waals surface area contributed by atoms with Crippen LogP contribution < -0.4 is 5.56 Å². The van der Waals surface area contributed by atoms with Crippen molar-refractivity contribution in [1.82, 2.24) is 9.47 Å². The van der Waals surface area contributed by atoms with Crippen molar-refractivity contribution in [3.8, 4) is 0 Å². The fourth-order valence-electron chi connectivity index (χ4n) is 5.07. The minimum Gasteiger partial charge on any atom is -0.368 e. The maximum absolute atomic E-state index is 12.9. The third-order valence-corrected chi connectivity index (χ3v) is 6.35. The van der Waals surface area contributed by atoms with E-state index in [0.29, 0.717) is 18.4 Å². The van der Waals surface area contributed by atoms with Gasteiger partial charge in [-0.15, -0.1) is 0 Å². The van der Waals surface area contributed by atoms with Gasteiger partial charge in [0, 0.05) is 43.4 Å². The van der Waals surface area contributed by atoms with Crippen LogP contribution in [0, 0.1) is 11.8 Å². The third-order valence-electron chi connectivity index (χ3n) is 6.35. The van der Waals surface area contributed by atoms with E-state index in [4.69, 9.17) is 4.74 Å². The molecule has 2 fully saturated rings. The average molecular weight is 358 g/mol. The first-order valence-electron chi connectivity index (χ1n) is 10.2. The van der Waals surface area contributed by atoms with Crippen LogP contribution in [0.2, 0.25) is 0 Å². The number of aromatic nitrogens is 1. The Bertz CT molecular complexity index is 720. The van der Waals surface area contributed by atoms with Crippen LogP contribution >= 0.6 is 0 Å². The number of carbonyl (C=O) groups excluding carboxylic acids is 1. The van der Waals surface area contributed by atoms with Gasteiger partial charge in [0.05, 0.1) is 0 Å². The van der Waals surface area contributed by atoms with Crippen LogP contribution in [0.1, 0.15) is 63.6 Å². The second-order valence-corrected chi connectivity index (χ2v) is 8.64. The zero-order valence-corrected chi connectivity index (χ0v) is 15.9. The van der Waals surface area contributed by atoms with Crippen LogP contribution in [-0.4, -0.2) is 41.2 Å². The van der Waals surface area contributed by atoms with Crippen molar-refractivity contribution in [1.29, 1.82) is 0 Å². The molecule has 1 aromatic rings. The van der Waals surface area contributed by atoms with Gasteiger partial charge in [-0.3, -0.25) is 9.59 Å². The molecule has 5 heteroatoms. The number of piperidine rings is 1. The monoisotopic (exact) mass is 358 g/mol. The summed E-state index contributed by atoms with van der Waals surface area (Å²) in [6, 6.07) is 5.85. The molecule has 0 unspecified atom stereocenters. The number of amides is 1. The van der Waals surface area contributed by atoms with Gasteiger partial charge in [0.15, 0.2) is 0 Å². The molecule has 142 valence electrons. The number of fused-ring (bicyclic) bond motifs is 4. The highest BCUT2D eigenvalue weighted by molar-refractivity contribution is 5.81. The molecule has 4 heterocycles. The summed E-state index contributed by atoms with van der Waals surface area (Å²) in [4.78, 5) is 27.6. The number of ether oxygens (including phenoxy) is 1. The quantitative estimate of drug-likeness (QED) is 0.831. The van der Waals surface area contributed by atoms with E-state index in [1.807, 2.05) is 11.0 Å². The SMILES string of the molecule is CC(C)CC[C@H]1[C@H]2C[C@H](CN(C(=O)[C@H]3CCCO3)C2)c2cccc(=O)n21. The van der Waals surface area contributed by atoms with Crippen molar-refractivity contribution >= 4 is 5.91 Å². The number of carbonyl (C=O) groups is 1. The molecule has 3 aliphatic rings. The first kappa shape index (κ1) is 17.8. The Morgan fingerprint density at radius 3 is 2.88 bits per heavy atom. The molecule has 1 aromatic heterocycles.